The highest BCUT2D eigenvalue weighted by Gasteiger charge is 2.46. The number of fused-ring (bicyclic) bond motifs is 3. The molecule has 6 aromatic rings. The number of hydrogen-bond acceptors (Lipinski definition) is 23. The fourth-order valence-corrected chi connectivity index (χ4v) is 9.36. The Morgan fingerprint density at radius 2 is 1.15 bits per heavy atom. The highest BCUT2D eigenvalue weighted by atomic mass is 31.2. The predicted octanol–water partition coefficient (Wildman–Crippen LogP) is -1.94. The van der Waals surface area contributed by atoms with Gasteiger partial charge in [-0.1, -0.05) is 0 Å². The van der Waals surface area contributed by atoms with Gasteiger partial charge in [0.05, 0.1) is 44.9 Å². The van der Waals surface area contributed by atoms with Crippen LogP contribution in [0.4, 0.5) is 17.7 Å². The summed E-state index contributed by atoms with van der Waals surface area (Å²) in [5, 5.41) is 20.8. The number of ether oxygens (including phenoxy) is 3. The minimum atomic E-state index is -5.04. The fraction of sp³-hybridized carbons (Fsp3) is 0.500. The second-order valence-electron chi connectivity index (χ2n) is 14.3. The molecule has 30 nitrogen and oxygen atoms in total. The molecule has 9 rings (SSSR count). The first kappa shape index (κ1) is 42.0. The van der Waals surface area contributed by atoms with Crippen LogP contribution in [-0.4, -0.2) is 135 Å². The zero-order valence-corrected chi connectivity index (χ0v) is 33.4. The third-order valence-electron chi connectivity index (χ3n) is 10.3. The van der Waals surface area contributed by atoms with Gasteiger partial charge in [-0.3, -0.25) is 51.4 Å². The Morgan fingerprint density at radius 1 is 0.677 bits per heavy atom. The number of hydrogen-bond donors (Lipinski definition) is 9. The van der Waals surface area contributed by atoms with Gasteiger partial charge in [-0.15, -0.1) is 0 Å². The predicted molar refractivity (Wildman–Crippen MR) is 205 cm³/mol. The molecular formula is C30H37N15O15P2. The molecule has 2 unspecified atom stereocenters. The van der Waals surface area contributed by atoms with Crippen LogP contribution in [0.3, 0.4) is 0 Å². The molecule has 0 aromatic carbocycles. The van der Waals surface area contributed by atoms with E-state index in [0.29, 0.717) is 0 Å². The second kappa shape index (κ2) is 16.1. The van der Waals surface area contributed by atoms with Crippen LogP contribution in [0.15, 0.2) is 34.9 Å². The highest BCUT2D eigenvalue weighted by Crippen LogP contribution is 2.52. The first-order valence-corrected chi connectivity index (χ1v) is 21.5. The van der Waals surface area contributed by atoms with E-state index in [9.17, 15) is 38.7 Å². The summed E-state index contributed by atoms with van der Waals surface area (Å²) in [5.74, 6) is -0.299. The van der Waals surface area contributed by atoms with E-state index in [0.717, 1.165) is 0 Å². The Hall–Kier alpha value is -5.33. The van der Waals surface area contributed by atoms with E-state index < -0.39 is 102 Å². The smallest absolute Gasteiger partial charge is 0.394 e. The maximum absolute atomic E-state index is 13.5. The average Bonchev–Trinajstić information content (AvgIpc) is 4.06. The van der Waals surface area contributed by atoms with Crippen molar-refractivity contribution in [1.29, 1.82) is 0 Å². The number of aliphatic hydroxyl groups excluding tert-OH is 2. The van der Waals surface area contributed by atoms with Gasteiger partial charge in [-0.2, -0.15) is 9.97 Å². The molecular weight excluding hydrogens is 872 g/mol. The van der Waals surface area contributed by atoms with E-state index in [1.807, 2.05) is 0 Å². The maximum atomic E-state index is 13.5. The van der Waals surface area contributed by atoms with Crippen molar-refractivity contribution in [1.82, 2.24) is 58.6 Å². The summed E-state index contributed by atoms with van der Waals surface area (Å²) in [6.45, 7) is -2.06. The van der Waals surface area contributed by atoms with Crippen LogP contribution in [0.2, 0.25) is 0 Å². The normalized spacial score (nSPS) is 28.6. The second-order valence-corrected chi connectivity index (χ2v) is 17.1. The number of anilines is 3. The summed E-state index contributed by atoms with van der Waals surface area (Å²) in [4.78, 5) is 79.6. The van der Waals surface area contributed by atoms with Gasteiger partial charge in [0.15, 0.2) is 33.8 Å². The molecule has 3 fully saturated rings. The molecule has 9 heterocycles. The Balaban J connectivity index is 0.880. The number of H-pyrrole nitrogens is 2. The standard InChI is InChI=1S/C30H37N15O15P2/c31-23-20-24(35-7-34-23)43(8-36-20)18-3-13(60-61(50,51)54-5-15-11(47)1-17(57-15)44-9-37-21-25(44)39-29(32)41-27(21)48)16(58-18)6-55-62(52,53)59-12-2-19(56-14(12)4-46)45-10-38-22-26(45)40-30(33)42-28(22)49/h7-19,46-47H,1-6H2,(H,50,51)(H,52,53)(H2,31,34,35)(H3,32,39,41,48)(H3,33,40,42,49)/t11-,12-,13-,14+,15+,16+,17+,18+,19+/m0/s1. The molecule has 3 aliphatic rings. The number of nitrogen functional groups attached to an aromatic ring is 3. The monoisotopic (exact) mass is 909 g/mol. The zero-order valence-electron chi connectivity index (χ0n) is 31.6. The van der Waals surface area contributed by atoms with Crippen molar-refractivity contribution in [2.24, 2.45) is 0 Å². The SMILES string of the molecule is Nc1nc2c(ncn2[C@H]2C[C@H](OP(=O)(O)OC[C@H]3O[C@@H](n4cnc5c(N)ncnc54)C[C@@H]3OP(=O)(O)OC[C@H]3O[C@@H](n4cnc5c(=O)[nH]c(N)nc54)C[C@@H]3O)[C@@H](CO)O2)c(=O)[nH]1. The van der Waals surface area contributed by atoms with Gasteiger partial charge >= 0.3 is 15.6 Å². The lowest BCUT2D eigenvalue weighted by atomic mass is 10.2. The number of nitrogens with zero attached hydrogens (tertiary/aromatic N) is 10. The van der Waals surface area contributed by atoms with Crippen molar-refractivity contribution in [2.75, 3.05) is 37.0 Å². The van der Waals surface area contributed by atoms with Crippen molar-refractivity contribution in [3.63, 3.8) is 0 Å². The molecule has 0 saturated carbocycles. The Labute approximate surface area is 344 Å². The topological polar surface area (TPSA) is 428 Å². The Bertz CT molecular complexity index is 2870. The summed E-state index contributed by atoms with van der Waals surface area (Å²) < 4.78 is 70.5. The quantitative estimate of drug-likeness (QED) is 0.0537. The molecule has 0 spiro atoms. The maximum Gasteiger partial charge on any atom is 0.472 e. The molecule has 0 radical (unpaired) electrons. The first-order chi connectivity index (χ1) is 29.6. The number of imidazole rings is 3. The van der Waals surface area contributed by atoms with Crippen LogP contribution in [0.1, 0.15) is 37.9 Å². The van der Waals surface area contributed by atoms with Crippen molar-refractivity contribution in [3.8, 4) is 0 Å². The molecule has 0 bridgehead atoms. The fourth-order valence-electron chi connectivity index (χ4n) is 7.44. The van der Waals surface area contributed by atoms with Crippen molar-refractivity contribution in [3.05, 3.63) is 46.0 Å². The minimum Gasteiger partial charge on any atom is -0.394 e. The summed E-state index contributed by atoms with van der Waals surface area (Å²) >= 11 is 0. The summed E-state index contributed by atoms with van der Waals surface area (Å²) in [7, 11) is -10.1. The largest absolute Gasteiger partial charge is 0.472 e. The first-order valence-electron chi connectivity index (χ1n) is 18.5. The number of aromatic nitrogens is 12. The van der Waals surface area contributed by atoms with Crippen LogP contribution in [-0.2, 0) is 41.4 Å². The van der Waals surface area contributed by atoms with Crippen LogP contribution >= 0.6 is 15.6 Å². The molecule has 3 saturated heterocycles. The number of aromatic amines is 2. The van der Waals surface area contributed by atoms with Gasteiger partial charge < -0.3 is 51.4 Å². The summed E-state index contributed by atoms with van der Waals surface area (Å²) in [6.07, 6.45) is -5.71. The number of phosphoric acid groups is 2. The van der Waals surface area contributed by atoms with Gasteiger partial charge in [0.25, 0.3) is 11.1 Å². The molecule has 62 heavy (non-hydrogen) atoms. The number of nitrogens with one attached hydrogen (secondary N) is 2. The van der Waals surface area contributed by atoms with Crippen molar-refractivity contribution in [2.45, 2.75) is 74.6 Å². The third kappa shape index (κ3) is 8.07. The number of nitrogens with two attached hydrogens (primary N) is 3. The molecule has 0 aliphatic carbocycles. The molecule has 11 atom stereocenters. The number of aliphatic hydroxyl groups is 2. The van der Waals surface area contributed by atoms with E-state index in [1.54, 1.807) is 0 Å². The van der Waals surface area contributed by atoms with Crippen LogP contribution in [0.25, 0.3) is 33.5 Å². The minimum absolute atomic E-state index is 0.0246. The highest BCUT2D eigenvalue weighted by molar-refractivity contribution is 7.47. The van der Waals surface area contributed by atoms with Gasteiger partial charge in [0.1, 0.15) is 61.0 Å². The summed E-state index contributed by atoms with van der Waals surface area (Å²) in [5.41, 5.74) is 16.7. The van der Waals surface area contributed by atoms with Gasteiger partial charge in [-0.25, -0.2) is 34.0 Å². The van der Waals surface area contributed by atoms with Crippen LogP contribution in [0.5, 0.6) is 0 Å². The number of phosphoric ester groups is 2. The van der Waals surface area contributed by atoms with E-state index in [4.69, 9.17) is 49.5 Å². The van der Waals surface area contributed by atoms with E-state index >= 15 is 0 Å². The molecule has 3 aliphatic heterocycles. The lowest BCUT2D eigenvalue weighted by Gasteiger charge is -2.24. The van der Waals surface area contributed by atoms with E-state index in [-0.39, 0.29) is 70.5 Å². The molecule has 32 heteroatoms. The number of rotatable bonds is 14. The van der Waals surface area contributed by atoms with Gasteiger partial charge in [0, 0.05) is 19.3 Å². The zero-order chi connectivity index (χ0) is 43.7. The van der Waals surface area contributed by atoms with Gasteiger partial charge in [0.2, 0.25) is 11.9 Å². The Morgan fingerprint density at radius 3 is 1.71 bits per heavy atom. The summed E-state index contributed by atoms with van der Waals surface area (Å²) in [6, 6.07) is 0. The molecule has 332 valence electrons. The van der Waals surface area contributed by atoms with Crippen LogP contribution < -0.4 is 28.3 Å². The van der Waals surface area contributed by atoms with Crippen molar-refractivity contribution < 1.29 is 61.4 Å². The Kier molecular flexibility index (Phi) is 10.9. The van der Waals surface area contributed by atoms with Crippen molar-refractivity contribution >= 4 is 66.9 Å². The third-order valence-corrected chi connectivity index (χ3v) is 12.3. The van der Waals surface area contributed by atoms with Gasteiger partial charge in [-0.05, 0) is 0 Å². The molecule has 6 aromatic heterocycles. The molecule has 12 N–H and O–H groups in total. The average molecular weight is 910 g/mol. The van der Waals surface area contributed by atoms with Crippen LogP contribution in [0, 0.1) is 0 Å². The lowest BCUT2D eigenvalue weighted by molar-refractivity contribution is -0.0599. The lowest BCUT2D eigenvalue weighted by Crippen LogP contribution is -2.31. The molecule has 0 amide bonds. The van der Waals surface area contributed by atoms with E-state index in [1.165, 1.54) is 39.0 Å². The van der Waals surface area contributed by atoms with E-state index in [2.05, 4.69) is 44.9 Å².